The molecule has 1 amide bonds. The van der Waals surface area contributed by atoms with Crippen LogP contribution in [0.1, 0.15) is 39.3 Å². The maximum absolute atomic E-state index is 12.7. The molecule has 0 aliphatic heterocycles. The summed E-state index contributed by atoms with van der Waals surface area (Å²) in [5.74, 6) is -0.651. The summed E-state index contributed by atoms with van der Waals surface area (Å²) in [7, 11) is 1.59. The van der Waals surface area contributed by atoms with Crippen LogP contribution in [-0.4, -0.2) is 35.0 Å². The Hall–Kier alpha value is -2.76. The largest absolute Gasteiger partial charge is 0.496 e. The van der Waals surface area contributed by atoms with Crippen LogP contribution in [0, 0.1) is 0 Å². The highest BCUT2D eigenvalue weighted by molar-refractivity contribution is 5.95. The van der Waals surface area contributed by atoms with Gasteiger partial charge in [-0.2, -0.15) is 0 Å². The molecule has 0 unspecified atom stereocenters. The average molecular weight is 315 g/mol. The zero-order valence-electron chi connectivity index (χ0n) is 12.7. The number of benzene rings is 1. The summed E-state index contributed by atoms with van der Waals surface area (Å²) < 4.78 is 10.5. The van der Waals surface area contributed by atoms with Crippen LogP contribution in [0.3, 0.4) is 0 Å². The number of hydrogen-bond acceptors (Lipinski definition) is 4. The van der Waals surface area contributed by atoms with Crippen molar-refractivity contribution in [3.8, 4) is 5.75 Å². The monoisotopic (exact) mass is 315 g/mol. The summed E-state index contributed by atoms with van der Waals surface area (Å²) in [5, 5.41) is 8.94. The van der Waals surface area contributed by atoms with E-state index in [1.165, 1.54) is 6.07 Å². The summed E-state index contributed by atoms with van der Waals surface area (Å²) in [4.78, 5) is 25.3. The van der Waals surface area contributed by atoms with E-state index in [-0.39, 0.29) is 23.3 Å². The number of rotatable bonds is 6. The fraction of sp³-hybridized carbons (Fsp3) is 0.294. The minimum absolute atomic E-state index is 0.0265. The van der Waals surface area contributed by atoms with E-state index in [0.717, 1.165) is 30.4 Å². The lowest BCUT2D eigenvalue weighted by molar-refractivity contribution is 0.0687. The molecule has 1 aromatic heterocycles. The third-order valence-electron chi connectivity index (χ3n) is 3.84. The molecule has 1 aliphatic carbocycles. The van der Waals surface area contributed by atoms with Gasteiger partial charge in [-0.15, -0.1) is 0 Å². The molecule has 0 atom stereocenters. The average Bonchev–Trinajstić information content (AvgIpc) is 3.27. The predicted molar refractivity (Wildman–Crippen MR) is 81.6 cm³/mol. The Kier molecular flexibility index (Phi) is 4.06. The Labute approximate surface area is 133 Å². The van der Waals surface area contributed by atoms with Gasteiger partial charge in [0.05, 0.1) is 19.2 Å². The van der Waals surface area contributed by atoms with Crippen molar-refractivity contribution < 1.29 is 23.8 Å². The number of nitrogens with zero attached hydrogens (tertiary/aromatic N) is 1. The quantitative estimate of drug-likeness (QED) is 0.886. The van der Waals surface area contributed by atoms with Gasteiger partial charge >= 0.3 is 5.97 Å². The van der Waals surface area contributed by atoms with Crippen LogP contribution < -0.4 is 4.74 Å². The molecule has 6 heteroatoms. The molecule has 1 aromatic carbocycles. The maximum atomic E-state index is 12.7. The summed E-state index contributed by atoms with van der Waals surface area (Å²) in [5.41, 5.74) is 0.877. The molecule has 0 spiro atoms. The van der Waals surface area contributed by atoms with Crippen molar-refractivity contribution in [2.45, 2.75) is 25.4 Å². The van der Waals surface area contributed by atoms with Gasteiger partial charge in [-0.1, -0.05) is 18.2 Å². The van der Waals surface area contributed by atoms with E-state index in [2.05, 4.69) is 0 Å². The smallest absolute Gasteiger partial charge is 0.338 e. The normalized spacial score (nSPS) is 13.6. The number of carbonyl (C=O) groups excluding carboxylic acids is 1. The van der Waals surface area contributed by atoms with E-state index in [1.54, 1.807) is 12.0 Å². The lowest BCUT2D eigenvalue weighted by Crippen LogP contribution is -2.32. The van der Waals surface area contributed by atoms with Crippen molar-refractivity contribution in [1.82, 2.24) is 4.90 Å². The number of furan rings is 1. The minimum atomic E-state index is -1.12. The van der Waals surface area contributed by atoms with Gasteiger partial charge in [0, 0.05) is 17.7 Å². The number of carboxylic acid groups (broad SMARTS) is 1. The molecule has 6 nitrogen and oxygen atoms in total. The molecule has 1 N–H and O–H groups in total. The topological polar surface area (TPSA) is 80.0 Å². The molecular weight excluding hydrogens is 298 g/mol. The second-order valence-corrected chi connectivity index (χ2v) is 5.48. The van der Waals surface area contributed by atoms with Crippen molar-refractivity contribution in [2.24, 2.45) is 0 Å². The minimum Gasteiger partial charge on any atom is -0.496 e. The zero-order chi connectivity index (χ0) is 16.4. The van der Waals surface area contributed by atoms with E-state index < -0.39 is 5.97 Å². The third kappa shape index (κ3) is 3.21. The summed E-state index contributed by atoms with van der Waals surface area (Å²) in [6.07, 6.45) is 2.96. The molecule has 1 heterocycles. The molecule has 2 aromatic rings. The van der Waals surface area contributed by atoms with Gasteiger partial charge in [-0.3, -0.25) is 4.79 Å². The van der Waals surface area contributed by atoms with E-state index in [9.17, 15) is 9.59 Å². The Bertz CT molecular complexity index is 732. The van der Waals surface area contributed by atoms with Crippen LogP contribution >= 0.6 is 0 Å². The van der Waals surface area contributed by atoms with Gasteiger partial charge in [0.15, 0.2) is 5.76 Å². The molecule has 120 valence electrons. The van der Waals surface area contributed by atoms with Gasteiger partial charge in [-0.25, -0.2) is 4.79 Å². The maximum Gasteiger partial charge on any atom is 0.338 e. The molecule has 0 radical (unpaired) electrons. The van der Waals surface area contributed by atoms with E-state index >= 15 is 0 Å². The standard InChI is InChI=1S/C17H17NO5/c1-22-14-5-3-2-4-11(14)9-18(13-6-7-13)16(19)15-8-12(10-23-15)17(20)21/h2-5,8,10,13H,6-7,9H2,1H3,(H,20,21). The van der Waals surface area contributed by atoms with Gasteiger partial charge in [0.25, 0.3) is 5.91 Å². The summed E-state index contributed by atoms with van der Waals surface area (Å²) >= 11 is 0. The first-order valence-electron chi connectivity index (χ1n) is 7.35. The van der Waals surface area contributed by atoms with Crippen LogP contribution in [0.25, 0.3) is 0 Å². The van der Waals surface area contributed by atoms with Gasteiger partial charge in [-0.05, 0) is 18.9 Å². The first kappa shape index (κ1) is 15.1. The molecule has 1 aliphatic rings. The fourth-order valence-electron chi connectivity index (χ4n) is 2.47. The summed E-state index contributed by atoms with van der Waals surface area (Å²) in [6, 6.07) is 8.94. The number of methoxy groups -OCH3 is 1. The van der Waals surface area contributed by atoms with Crippen molar-refractivity contribution >= 4 is 11.9 Å². The number of carboxylic acids is 1. The number of aromatic carboxylic acids is 1. The number of carbonyl (C=O) groups is 2. The van der Waals surface area contributed by atoms with Crippen LogP contribution in [0.4, 0.5) is 0 Å². The Morgan fingerprint density at radius 1 is 1.35 bits per heavy atom. The van der Waals surface area contributed by atoms with Crippen LogP contribution in [0.2, 0.25) is 0 Å². The lowest BCUT2D eigenvalue weighted by Gasteiger charge is -2.22. The Morgan fingerprint density at radius 3 is 2.70 bits per heavy atom. The van der Waals surface area contributed by atoms with Crippen molar-refractivity contribution in [2.75, 3.05) is 7.11 Å². The van der Waals surface area contributed by atoms with Crippen LogP contribution in [0.5, 0.6) is 5.75 Å². The van der Waals surface area contributed by atoms with Crippen molar-refractivity contribution in [3.05, 3.63) is 53.5 Å². The van der Waals surface area contributed by atoms with Crippen molar-refractivity contribution in [1.29, 1.82) is 0 Å². The van der Waals surface area contributed by atoms with Crippen LogP contribution in [-0.2, 0) is 6.54 Å². The lowest BCUT2D eigenvalue weighted by atomic mass is 10.1. The molecule has 3 rings (SSSR count). The van der Waals surface area contributed by atoms with Crippen LogP contribution in [0.15, 0.2) is 41.0 Å². The molecule has 0 saturated heterocycles. The van der Waals surface area contributed by atoms with Gasteiger partial charge in [0.2, 0.25) is 0 Å². The summed E-state index contributed by atoms with van der Waals surface area (Å²) in [6.45, 7) is 0.399. The fourth-order valence-corrected chi connectivity index (χ4v) is 2.47. The first-order chi connectivity index (χ1) is 11.1. The first-order valence-corrected chi connectivity index (χ1v) is 7.35. The molecule has 23 heavy (non-hydrogen) atoms. The Morgan fingerprint density at radius 2 is 2.09 bits per heavy atom. The van der Waals surface area contributed by atoms with E-state index in [4.69, 9.17) is 14.3 Å². The second-order valence-electron chi connectivity index (χ2n) is 5.48. The number of para-hydroxylation sites is 1. The highest BCUT2D eigenvalue weighted by Gasteiger charge is 2.35. The highest BCUT2D eigenvalue weighted by atomic mass is 16.5. The van der Waals surface area contributed by atoms with Gasteiger partial charge in [0.1, 0.15) is 12.0 Å². The van der Waals surface area contributed by atoms with Crippen molar-refractivity contribution in [3.63, 3.8) is 0 Å². The molecule has 1 saturated carbocycles. The SMILES string of the molecule is COc1ccccc1CN(C(=O)c1cc(C(=O)O)co1)C1CC1. The second kappa shape index (κ2) is 6.16. The van der Waals surface area contributed by atoms with E-state index in [1.807, 2.05) is 24.3 Å². The highest BCUT2D eigenvalue weighted by Crippen LogP contribution is 2.32. The molecule has 0 bridgehead atoms. The predicted octanol–water partition coefficient (Wildman–Crippen LogP) is 2.79. The zero-order valence-corrected chi connectivity index (χ0v) is 12.7. The van der Waals surface area contributed by atoms with Gasteiger partial charge < -0.3 is 19.2 Å². The number of hydrogen-bond donors (Lipinski definition) is 1. The Balaban J connectivity index is 1.83. The number of ether oxygens (including phenoxy) is 1. The number of amides is 1. The molecule has 1 fully saturated rings. The third-order valence-corrected chi connectivity index (χ3v) is 3.84. The van der Waals surface area contributed by atoms with E-state index in [0.29, 0.717) is 6.54 Å². The molecular formula is C17H17NO5.